The number of carbonyl (C=O) groups is 2. The Balaban J connectivity index is 1.74. The van der Waals surface area contributed by atoms with Crippen LogP contribution in [0, 0.1) is 0 Å². The molecule has 1 aliphatic rings. The number of carbonyl (C=O) groups excluding carboxylic acids is 2. The van der Waals surface area contributed by atoms with Crippen LogP contribution in [0.25, 0.3) is 11.0 Å². The first-order chi connectivity index (χ1) is 10.6. The number of fused-ring (bicyclic) bond motifs is 1. The molecule has 0 bridgehead atoms. The van der Waals surface area contributed by atoms with Crippen molar-refractivity contribution in [2.24, 2.45) is 0 Å². The lowest BCUT2D eigenvalue weighted by atomic mass is 10.2. The summed E-state index contributed by atoms with van der Waals surface area (Å²) >= 11 is 0. The summed E-state index contributed by atoms with van der Waals surface area (Å²) in [5.41, 5.74) is 1.86. The smallest absolute Gasteiger partial charge is 0.245 e. The second-order valence-electron chi connectivity index (χ2n) is 5.65. The van der Waals surface area contributed by atoms with Crippen LogP contribution in [0.15, 0.2) is 30.6 Å². The molecule has 1 saturated heterocycles. The van der Waals surface area contributed by atoms with Gasteiger partial charge in [-0.2, -0.15) is 0 Å². The van der Waals surface area contributed by atoms with E-state index in [1.54, 1.807) is 18.2 Å². The molecule has 0 unspecified atom stereocenters. The zero-order valence-corrected chi connectivity index (χ0v) is 12.9. The lowest BCUT2D eigenvalue weighted by Crippen LogP contribution is -2.51. The van der Waals surface area contributed by atoms with Crippen LogP contribution >= 0.6 is 0 Å². The number of nitrogens with zero attached hydrogens (tertiary/aromatic N) is 4. The fraction of sp³-hybridized carbons (Fsp3) is 0.438. The van der Waals surface area contributed by atoms with E-state index < -0.39 is 0 Å². The summed E-state index contributed by atoms with van der Waals surface area (Å²) in [5.74, 6) is 0.145. The van der Waals surface area contributed by atoms with Gasteiger partial charge in [-0.15, -0.1) is 0 Å². The highest BCUT2D eigenvalue weighted by atomic mass is 16.2. The zero-order valence-electron chi connectivity index (χ0n) is 12.9. The highest BCUT2D eigenvalue weighted by Crippen LogP contribution is 2.19. The highest BCUT2D eigenvalue weighted by Gasteiger charge is 2.27. The predicted octanol–water partition coefficient (Wildman–Crippen LogP) is 1.29. The third kappa shape index (κ3) is 2.56. The van der Waals surface area contributed by atoms with Crippen LogP contribution in [0.3, 0.4) is 0 Å². The highest BCUT2D eigenvalue weighted by molar-refractivity contribution is 5.84. The van der Waals surface area contributed by atoms with Gasteiger partial charge < -0.3 is 14.4 Å². The molecule has 1 atom stereocenters. The Morgan fingerprint density at radius 2 is 1.73 bits per heavy atom. The summed E-state index contributed by atoms with van der Waals surface area (Å²) in [6.07, 6.45) is 1.72. The van der Waals surface area contributed by atoms with Crippen LogP contribution in [0.5, 0.6) is 0 Å². The molecule has 2 aromatic rings. The Morgan fingerprint density at radius 1 is 1.09 bits per heavy atom. The third-order valence-electron chi connectivity index (χ3n) is 4.29. The number of amides is 2. The fourth-order valence-electron chi connectivity index (χ4n) is 2.91. The van der Waals surface area contributed by atoms with Gasteiger partial charge in [0.05, 0.1) is 17.4 Å². The normalized spacial score (nSPS) is 16.8. The molecule has 0 saturated carbocycles. The quantitative estimate of drug-likeness (QED) is 0.839. The van der Waals surface area contributed by atoms with E-state index in [0.29, 0.717) is 26.2 Å². The molecule has 6 nitrogen and oxygen atoms in total. The van der Waals surface area contributed by atoms with Crippen molar-refractivity contribution in [2.45, 2.75) is 19.9 Å². The van der Waals surface area contributed by atoms with E-state index in [2.05, 4.69) is 4.98 Å². The van der Waals surface area contributed by atoms with Gasteiger partial charge in [0.1, 0.15) is 6.04 Å². The Labute approximate surface area is 129 Å². The predicted molar refractivity (Wildman–Crippen MR) is 83.3 cm³/mol. The Bertz CT molecular complexity index is 701. The molecule has 1 aromatic carbocycles. The van der Waals surface area contributed by atoms with Crippen LogP contribution < -0.4 is 0 Å². The molecule has 2 heterocycles. The van der Waals surface area contributed by atoms with Crippen LogP contribution in [0.1, 0.15) is 19.9 Å². The van der Waals surface area contributed by atoms with Gasteiger partial charge in [0.2, 0.25) is 11.8 Å². The molecule has 1 aromatic heterocycles. The fourth-order valence-corrected chi connectivity index (χ4v) is 2.91. The van der Waals surface area contributed by atoms with Gasteiger partial charge in [-0.05, 0) is 19.1 Å². The van der Waals surface area contributed by atoms with E-state index in [0.717, 1.165) is 11.0 Å². The van der Waals surface area contributed by atoms with E-state index in [-0.39, 0.29) is 17.9 Å². The maximum atomic E-state index is 12.7. The maximum absolute atomic E-state index is 12.7. The molecule has 2 amide bonds. The topological polar surface area (TPSA) is 58.4 Å². The summed E-state index contributed by atoms with van der Waals surface area (Å²) in [6, 6.07) is 7.50. The van der Waals surface area contributed by atoms with E-state index in [4.69, 9.17) is 0 Å². The summed E-state index contributed by atoms with van der Waals surface area (Å²) < 4.78 is 1.91. The SMILES string of the molecule is CC(=O)N1CCN(C(=O)[C@@H](C)n2cnc3ccccc32)CC1. The molecular formula is C16H20N4O2. The minimum Gasteiger partial charge on any atom is -0.339 e. The van der Waals surface area contributed by atoms with Crippen molar-refractivity contribution in [3.8, 4) is 0 Å². The molecule has 1 fully saturated rings. The van der Waals surface area contributed by atoms with Crippen molar-refractivity contribution in [1.82, 2.24) is 19.4 Å². The number of benzene rings is 1. The standard InChI is InChI=1S/C16H20N4O2/c1-12(20-11-17-14-5-3-4-6-15(14)20)16(22)19-9-7-18(8-10-19)13(2)21/h3-6,11-12H,7-10H2,1-2H3/t12-/m1/s1. The molecule has 22 heavy (non-hydrogen) atoms. The number of aromatic nitrogens is 2. The van der Waals surface area contributed by atoms with Crippen LogP contribution in [0.4, 0.5) is 0 Å². The molecule has 116 valence electrons. The van der Waals surface area contributed by atoms with E-state index in [1.807, 2.05) is 40.7 Å². The van der Waals surface area contributed by atoms with E-state index >= 15 is 0 Å². The van der Waals surface area contributed by atoms with Crippen molar-refractivity contribution in [2.75, 3.05) is 26.2 Å². The molecule has 0 aliphatic carbocycles. The van der Waals surface area contributed by atoms with E-state index in [1.165, 1.54) is 0 Å². The summed E-state index contributed by atoms with van der Waals surface area (Å²) in [6.45, 7) is 5.87. The Hall–Kier alpha value is -2.37. The number of piperazine rings is 1. The molecule has 3 rings (SSSR count). The summed E-state index contributed by atoms with van der Waals surface area (Å²) in [7, 11) is 0. The Kier molecular flexibility index (Phi) is 3.83. The summed E-state index contributed by atoms with van der Waals surface area (Å²) in [5, 5.41) is 0. The minimum atomic E-state index is -0.295. The average molecular weight is 300 g/mol. The van der Waals surface area contributed by atoms with Crippen molar-refractivity contribution in [3.63, 3.8) is 0 Å². The van der Waals surface area contributed by atoms with Crippen LogP contribution in [-0.4, -0.2) is 57.3 Å². The largest absolute Gasteiger partial charge is 0.339 e. The maximum Gasteiger partial charge on any atom is 0.245 e. The first-order valence-corrected chi connectivity index (χ1v) is 7.54. The lowest BCUT2D eigenvalue weighted by Gasteiger charge is -2.35. The van der Waals surface area contributed by atoms with Crippen LogP contribution in [-0.2, 0) is 9.59 Å². The second-order valence-corrected chi connectivity index (χ2v) is 5.65. The number of imidazole rings is 1. The number of rotatable bonds is 2. The molecule has 0 radical (unpaired) electrons. The van der Waals surface area contributed by atoms with Crippen molar-refractivity contribution in [1.29, 1.82) is 0 Å². The second kappa shape index (κ2) is 5.79. The van der Waals surface area contributed by atoms with Crippen molar-refractivity contribution < 1.29 is 9.59 Å². The molecule has 0 spiro atoms. The third-order valence-corrected chi connectivity index (χ3v) is 4.29. The monoisotopic (exact) mass is 300 g/mol. The average Bonchev–Trinajstić information content (AvgIpc) is 2.97. The zero-order chi connectivity index (χ0) is 15.7. The minimum absolute atomic E-state index is 0.0701. The number of hydrogen-bond donors (Lipinski definition) is 0. The number of para-hydroxylation sites is 2. The Morgan fingerprint density at radius 3 is 2.41 bits per heavy atom. The van der Waals surface area contributed by atoms with Gasteiger partial charge in [-0.25, -0.2) is 4.98 Å². The van der Waals surface area contributed by atoms with Gasteiger partial charge in [0, 0.05) is 33.1 Å². The number of hydrogen-bond acceptors (Lipinski definition) is 3. The van der Waals surface area contributed by atoms with Gasteiger partial charge in [-0.1, -0.05) is 12.1 Å². The van der Waals surface area contributed by atoms with Crippen molar-refractivity contribution in [3.05, 3.63) is 30.6 Å². The lowest BCUT2D eigenvalue weighted by molar-refractivity contribution is -0.140. The van der Waals surface area contributed by atoms with Crippen LogP contribution in [0.2, 0.25) is 0 Å². The van der Waals surface area contributed by atoms with Gasteiger partial charge in [0.15, 0.2) is 0 Å². The van der Waals surface area contributed by atoms with Gasteiger partial charge in [0.25, 0.3) is 0 Å². The van der Waals surface area contributed by atoms with Gasteiger partial charge in [-0.3, -0.25) is 9.59 Å². The summed E-state index contributed by atoms with van der Waals surface area (Å²) in [4.78, 5) is 32.0. The first kappa shape index (κ1) is 14.6. The molecule has 6 heteroatoms. The van der Waals surface area contributed by atoms with Gasteiger partial charge >= 0.3 is 0 Å². The van der Waals surface area contributed by atoms with E-state index in [9.17, 15) is 9.59 Å². The first-order valence-electron chi connectivity index (χ1n) is 7.54. The molecule has 1 aliphatic heterocycles. The van der Waals surface area contributed by atoms with Crippen molar-refractivity contribution >= 4 is 22.8 Å². The molecule has 0 N–H and O–H groups in total. The molecular weight excluding hydrogens is 280 g/mol.